The van der Waals surface area contributed by atoms with Crippen LogP contribution in [-0.2, 0) is 32.2 Å². The largest absolute Gasteiger partial charge is 0.461 e. The summed E-state index contributed by atoms with van der Waals surface area (Å²) in [6.07, 6.45) is 2.51. The number of hydrogen-bond acceptors (Lipinski definition) is 5. The first kappa shape index (κ1) is 25.1. The molecule has 0 radical (unpaired) electrons. The second kappa shape index (κ2) is 13.3. The maximum atomic E-state index is 12.0. The minimum absolute atomic E-state index is 0.106. The Morgan fingerprint density at radius 1 is 1.00 bits per heavy atom. The van der Waals surface area contributed by atoms with Crippen molar-refractivity contribution in [3.63, 3.8) is 0 Å². The summed E-state index contributed by atoms with van der Waals surface area (Å²) >= 11 is 0. The third-order valence-electron chi connectivity index (χ3n) is 4.53. The standard InChI is InChI=1S/C25H31N3O4/c1-25(2,3)24(29)30-16-10-15-22(31-18-20-11-6-4-7-12-20)23(17-27-28-26)32-19-21-13-8-5-9-14-21/h4-15,22-23H,16-19H2,1-3H3/b15-10+/t22-,23-/m0/s1. The van der Waals surface area contributed by atoms with Gasteiger partial charge >= 0.3 is 5.97 Å². The van der Waals surface area contributed by atoms with Crippen LogP contribution in [0.15, 0.2) is 77.9 Å². The van der Waals surface area contributed by atoms with Crippen molar-refractivity contribution in [2.24, 2.45) is 10.5 Å². The van der Waals surface area contributed by atoms with E-state index < -0.39 is 17.6 Å². The van der Waals surface area contributed by atoms with Crippen molar-refractivity contribution in [1.82, 2.24) is 0 Å². The van der Waals surface area contributed by atoms with Crippen molar-refractivity contribution in [1.29, 1.82) is 0 Å². The molecule has 2 atom stereocenters. The predicted octanol–water partition coefficient (Wildman–Crippen LogP) is 5.61. The van der Waals surface area contributed by atoms with Crippen molar-refractivity contribution in [2.45, 2.75) is 46.2 Å². The summed E-state index contributed by atoms with van der Waals surface area (Å²) in [6, 6.07) is 19.5. The average molecular weight is 438 g/mol. The summed E-state index contributed by atoms with van der Waals surface area (Å²) in [5.41, 5.74) is 10.3. The summed E-state index contributed by atoms with van der Waals surface area (Å²) in [7, 11) is 0. The zero-order valence-electron chi connectivity index (χ0n) is 18.9. The average Bonchev–Trinajstić information content (AvgIpc) is 2.79. The van der Waals surface area contributed by atoms with Gasteiger partial charge in [0.15, 0.2) is 0 Å². The topological polar surface area (TPSA) is 93.5 Å². The molecule has 170 valence electrons. The second-order valence-corrected chi connectivity index (χ2v) is 8.29. The molecule has 0 N–H and O–H groups in total. The number of hydrogen-bond donors (Lipinski definition) is 0. The highest BCUT2D eigenvalue weighted by atomic mass is 16.5. The number of nitrogens with zero attached hydrogens (tertiary/aromatic N) is 3. The fourth-order valence-corrected chi connectivity index (χ4v) is 2.73. The van der Waals surface area contributed by atoms with Crippen LogP contribution in [0.2, 0.25) is 0 Å². The first-order valence-electron chi connectivity index (χ1n) is 10.6. The fraction of sp³-hybridized carbons (Fsp3) is 0.400. The van der Waals surface area contributed by atoms with E-state index >= 15 is 0 Å². The van der Waals surface area contributed by atoms with Gasteiger partial charge in [-0.3, -0.25) is 4.79 Å². The van der Waals surface area contributed by atoms with Crippen molar-refractivity contribution in [3.05, 3.63) is 94.4 Å². The van der Waals surface area contributed by atoms with Crippen LogP contribution >= 0.6 is 0 Å². The molecule has 0 saturated carbocycles. The van der Waals surface area contributed by atoms with Crippen LogP contribution in [0.1, 0.15) is 31.9 Å². The van der Waals surface area contributed by atoms with Gasteiger partial charge < -0.3 is 14.2 Å². The van der Waals surface area contributed by atoms with E-state index in [1.54, 1.807) is 32.9 Å². The Labute approximate surface area is 189 Å². The third kappa shape index (κ3) is 9.35. The molecule has 0 aliphatic heterocycles. The molecule has 0 amide bonds. The number of esters is 1. The van der Waals surface area contributed by atoms with Gasteiger partial charge in [0.2, 0.25) is 0 Å². The third-order valence-corrected chi connectivity index (χ3v) is 4.53. The highest BCUT2D eigenvalue weighted by Gasteiger charge is 2.23. The number of rotatable bonds is 12. The lowest BCUT2D eigenvalue weighted by Crippen LogP contribution is -2.33. The normalized spacial score (nSPS) is 13.3. The van der Waals surface area contributed by atoms with Gasteiger partial charge in [0.1, 0.15) is 12.7 Å². The minimum atomic E-state index is -0.570. The fourth-order valence-electron chi connectivity index (χ4n) is 2.73. The van der Waals surface area contributed by atoms with Crippen LogP contribution in [-0.4, -0.2) is 31.3 Å². The van der Waals surface area contributed by atoms with Crippen molar-refractivity contribution < 1.29 is 19.0 Å². The van der Waals surface area contributed by atoms with E-state index in [9.17, 15) is 4.79 Å². The molecule has 7 heteroatoms. The highest BCUT2D eigenvalue weighted by Crippen LogP contribution is 2.16. The van der Waals surface area contributed by atoms with Gasteiger partial charge in [-0.2, -0.15) is 0 Å². The molecule has 0 bridgehead atoms. The predicted molar refractivity (Wildman–Crippen MR) is 124 cm³/mol. The Kier molecular flexibility index (Phi) is 10.5. The Bertz CT molecular complexity index is 888. The minimum Gasteiger partial charge on any atom is -0.461 e. The summed E-state index contributed by atoms with van der Waals surface area (Å²) in [4.78, 5) is 14.9. The van der Waals surface area contributed by atoms with Crippen molar-refractivity contribution >= 4 is 5.97 Å². The highest BCUT2D eigenvalue weighted by molar-refractivity contribution is 5.75. The lowest BCUT2D eigenvalue weighted by Gasteiger charge is -2.24. The molecule has 7 nitrogen and oxygen atoms in total. The van der Waals surface area contributed by atoms with E-state index in [1.165, 1.54) is 0 Å². The lowest BCUT2D eigenvalue weighted by atomic mass is 9.97. The zero-order chi connectivity index (χ0) is 23.2. The van der Waals surface area contributed by atoms with E-state index in [0.29, 0.717) is 13.2 Å². The van der Waals surface area contributed by atoms with Gasteiger partial charge in [0, 0.05) is 4.91 Å². The van der Waals surface area contributed by atoms with E-state index in [0.717, 1.165) is 11.1 Å². The molecule has 2 aromatic rings. The molecule has 0 aromatic heterocycles. The monoisotopic (exact) mass is 437 g/mol. The molecule has 2 aromatic carbocycles. The van der Waals surface area contributed by atoms with E-state index in [4.69, 9.17) is 19.7 Å². The van der Waals surface area contributed by atoms with Crippen LogP contribution in [0.4, 0.5) is 0 Å². The maximum absolute atomic E-state index is 12.0. The molecule has 0 heterocycles. The Balaban J connectivity index is 2.10. The smallest absolute Gasteiger partial charge is 0.311 e. The number of benzene rings is 2. The zero-order valence-corrected chi connectivity index (χ0v) is 18.9. The van der Waals surface area contributed by atoms with Crippen molar-refractivity contribution in [3.8, 4) is 0 Å². The van der Waals surface area contributed by atoms with Crippen molar-refractivity contribution in [2.75, 3.05) is 13.2 Å². The van der Waals surface area contributed by atoms with Crippen LogP contribution in [0, 0.1) is 5.41 Å². The molecule has 0 aliphatic rings. The number of carbonyl (C=O) groups is 1. The Hall–Kier alpha value is -3.12. The van der Waals surface area contributed by atoms with Crippen LogP contribution in [0.5, 0.6) is 0 Å². The molecule has 0 aliphatic carbocycles. The quantitative estimate of drug-likeness (QED) is 0.142. The number of ether oxygens (including phenoxy) is 3. The van der Waals surface area contributed by atoms with Gasteiger partial charge in [-0.25, -0.2) is 0 Å². The van der Waals surface area contributed by atoms with E-state index in [1.807, 2.05) is 60.7 Å². The van der Waals surface area contributed by atoms with E-state index in [2.05, 4.69) is 10.0 Å². The SMILES string of the molecule is CC(C)(C)C(=O)OC/C=C/[C@H](OCc1ccccc1)[C@H](CN=[N+]=[N-])OCc1ccccc1. The summed E-state index contributed by atoms with van der Waals surface area (Å²) in [6.45, 7) is 6.35. The number of carbonyl (C=O) groups excluding carboxylic acids is 1. The molecule has 2 rings (SSSR count). The van der Waals surface area contributed by atoms with E-state index in [-0.39, 0.29) is 19.1 Å². The van der Waals surface area contributed by atoms with Gasteiger partial charge in [-0.1, -0.05) is 71.9 Å². The first-order valence-corrected chi connectivity index (χ1v) is 10.6. The lowest BCUT2D eigenvalue weighted by molar-refractivity contribution is -0.151. The summed E-state index contributed by atoms with van der Waals surface area (Å²) in [5.74, 6) is -0.283. The molecular formula is C25H31N3O4. The molecule has 0 spiro atoms. The molecule has 0 fully saturated rings. The van der Waals surface area contributed by atoms with Gasteiger partial charge in [0.05, 0.1) is 31.3 Å². The molecule has 0 saturated heterocycles. The van der Waals surface area contributed by atoms with Gasteiger partial charge in [0.25, 0.3) is 0 Å². The summed E-state index contributed by atoms with van der Waals surface area (Å²) in [5, 5.41) is 3.71. The van der Waals surface area contributed by atoms with Crippen LogP contribution < -0.4 is 0 Å². The summed E-state index contributed by atoms with van der Waals surface area (Å²) < 4.78 is 17.5. The molecular weight excluding hydrogens is 406 g/mol. The molecule has 0 unspecified atom stereocenters. The maximum Gasteiger partial charge on any atom is 0.311 e. The second-order valence-electron chi connectivity index (χ2n) is 8.29. The first-order chi connectivity index (χ1) is 15.4. The van der Waals surface area contributed by atoms with Crippen LogP contribution in [0.25, 0.3) is 10.4 Å². The Morgan fingerprint density at radius 2 is 1.56 bits per heavy atom. The van der Waals surface area contributed by atoms with Gasteiger partial charge in [-0.15, -0.1) is 0 Å². The Morgan fingerprint density at radius 3 is 2.09 bits per heavy atom. The molecule has 32 heavy (non-hydrogen) atoms. The van der Waals surface area contributed by atoms with Gasteiger partial charge in [-0.05, 0) is 43.5 Å². The van der Waals surface area contributed by atoms with Crippen LogP contribution in [0.3, 0.4) is 0 Å². The number of azide groups is 1.